The molecule has 156 valence electrons. The number of H-pyrrole nitrogens is 1. The van der Waals surface area contributed by atoms with E-state index in [-0.39, 0.29) is 11.5 Å². The Morgan fingerprint density at radius 3 is 2.87 bits per heavy atom. The molecule has 2 saturated heterocycles. The van der Waals surface area contributed by atoms with Gasteiger partial charge in [0.05, 0.1) is 16.6 Å². The van der Waals surface area contributed by atoms with Crippen LogP contribution in [0.5, 0.6) is 0 Å². The molecule has 1 N–H and O–H groups in total. The fraction of sp³-hybridized carbons (Fsp3) is 0.292. The van der Waals surface area contributed by atoms with Gasteiger partial charge in [0, 0.05) is 42.9 Å². The van der Waals surface area contributed by atoms with E-state index in [1.54, 1.807) is 10.6 Å². The highest BCUT2D eigenvalue weighted by Crippen LogP contribution is 2.25. The number of fused-ring (bicyclic) bond motifs is 4. The van der Waals surface area contributed by atoms with Crippen molar-refractivity contribution in [1.29, 1.82) is 0 Å². The third-order valence-electron chi connectivity index (χ3n) is 6.61. The Kier molecular flexibility index (Phi) is 4.17. The highest BCUT2D eigenvalue weighted by molar-refractivity contribution is 5.95. The van der Waals surface area contributed by atoms with Crippen LogP contribution in [-0.4, -0.2) is 62.5 Å². The maximum atomic E-state index is 13.2. The number of piperazine rings is 1. The summed E-state index contributed by atoms with van der Waals surface area (Å²) in [5, 5.41) is 5.32. The lowest BCUT2D eigenvalue weighted by Gasteiger charge is -2.37. The monoisotopic (exact) mass is 413 g/mol. The van der Waals surface area contributed by atoms with Gasteiger partial charge in [-0.2, -0.15) is 5.10 Å². The highest BCUT2D eigenvalue weighted by atomic mass is 16.2. The lowest BCUT2D eigenvalue weighted by atomic mass is 10.1. The Bertz CT molecular complexity index is 1370. The summed E-state index contributed by atoms with van der Waals surface area (Å²) in [4.78, 5) is 33.0. The van der Waals surface area contributed by atoms with Gasteiger partial charge in [-0.3, -0.25) is 14.5 Å². The molecular weight excluding hydrogens is 390 g/mol. The Labute approximate surface area is 178 Å². The fourth-order valence-corrected chi connectivity index (χ4v) is 5.00. The molecule has 2 aliphatic rings. The SMILES string of the molecule is O=C(c1cccc(-c2cc3[nH]c(=O)c4ccccc4n3n2)c1)N1CCN2CCC[C@H]2C1. The molecule has 2 fully saturated rings. The van der Waals surface area contributed by atoms with Crippen LogP contribution >= 0.6 is 0 Å². The Morgan fingerprint density at radius 2 is 1.94 bits per heavy atom. The summed E-state index contributed by atoms with van der Waals surface area (Å²) in [6.07, 6.45) is 2.41. The van der Waals surface area contributed by atoms with Crippen LogP contribution in [0.15, 0.2) is 59.4 Å². The molecule has 2 aromatic carbocycles. The summed E-state index contributed by atoms with van der Waals surface area (Å²) in [6.45, 7) is 3.71. The first-order chi connectivity index (χ1) is 15.2. The normalized spacial score (nSPS) is 19.2. The van der Waals surface area contributed by atoms with Crippen molar-refractivity contribution in [2.75, 3.05) is 26.2 Å². The van der Waals surface area contributed by atoms with E-state index in [2.05, 4.69) is 9.88 Å². The van der Waals surface area contributed by atoms with Gasteiger partial charge in [-0.1, -0.05) is 24.3 Å². The number of hydrogen-bond acceptors (Lipinski definition) is 4. The Hall–Kier alpha value is -3.45. The molecule has 6 rings (SSSR count). The van der Waals surface area contributed by atoms with Crippen molar-refractivity contribution in [1.82, 2.24) is 24.4 Å². The molecule has 0 unspecified atom stereocenters. The number of aromatic amines is 1. The van der Waals surface area contributed by atoms with Crippen LogP contribution in [0, 0.1) is 0 Å². The lowest BCUT2D eigenvalue weighted by molar-refractivity contribution is 0.0571. The van der Waals surface area contributed by atoms with Crippen molar-refractivity contribution in [3.63, 3.8) is 0 Å². The molecule has 1 amide bonds. The number of para-hydroxylation sites is 1. The van der Waals surface area contributed by atoms with Crippen LogP contribution in [0.4, 0.5) is 0 Å². The first-order valence-corrected chi connectivity index (χ1v) is 10.8. The number of amides is 1. The number of benzene rings is 2. The van der Waals surface area contributed by atoms with E-state index < -0.39 is 0 Å². The molecule has 1 atom stereocenters. The molecule has 0 spiro atoms. The second kappa shape index (κ2) is 7.06. The van der Waals surface area contributed by atoms with E-state index in [4.69, 9.17) is 5.10 Å². The zero-order valence-electron chi connectivity index (χ0n) is 17.1. The van der Waals surface area contributed by atoms with E-state index in [0.29, 0.717) is 22.6 Å². The van der Waals surface area contributed by atoms with E-state index in [1.807, 2.05) is 53.4 Å². The van der Waals surface area contributed by atoms with Crippen LogP contribution in [0.2, 0.25) is 0 Å². The van der Waals surface area contributed by atoms with Crippen molar-refractivity contribution in [2.24, 2.45) is 0 Å². The highest BCUT2D eigenvalue weighted by Gasteiger charge is 2.32. The average molecular weight is 413 g/mol. The maximum Gasteiger partial charge on any atom is 0.259 e. The third kappa shape index (κ3) is 3.04. The Morgan fingerprint density at radius 1 is 1.03 bits per heavy atom. The molecule has 7 nitrogen and oxygen atoms in total. The van der Waals surface area contributed by atoms with Crippen molar-refractivity contribution in [2.45, 2.75) is 18.9 Å². The van der Waals surface area contributed by atoms with Gasteiger partial charge in [-0.05, 0) is 43.7 Å². The molecule has 0 saturated carbocycles. The minimum atomic E-state index is -0.135. The zero-order chi connectivity index (χ0) is 20.9. The van der Waals surface area contributed by atoms with Crippen LogP contribution in [0.3, 0.4) is 0 Å². The van der Waals surface area contributed by atoms with Gasteiger partial charge in [0.2, 0.25) is 0 Å². The van der Waals surface area contributed by atoms with Gasteiger partial charge < -0.3 is 9.88 Å². The number of rotatable bonds is 2. The predicted octanol–water partition coefficient (Wildman–Crippen LogP) is 2.76. The first kappa shape index (κ1) is 18.3. The summed E-state index contributed by atoms with van der Waals surface area (Å²) in [5.41, 5.74) is 3.52. The largest absolute Gasteiger partial charge is 0.336 e. The van der Waals surface area contributed by atoms with Crippen molar-refractivity contribution in [3.05, 3.63) is 70.5 Å². The molecule has 0 bridgehead atoms. The minimum Gasteiger partial charge on any atom is -0.336 e. The second-order valence-electron chi connectivity index (χ2n) is 8.46. The van der Waals surface area contributed by atoms with E-state index in [9.17, 15) is 9.59 Å². The number of carbonyl (C=O) groups is 1. The third-order valence-corrected chi connectivity index (χ3v) is 6.61. The van der Waals surface area contributed by atoms with Crippen LogP contribution < -0.4 is 5.56 Å². The number of nitrogens with one attached hydrogen (secondary N) is 1. The summed E-state index contributed by atoms with van der Waals surface area (Å²) in [5.74, 6) is 0.0796. The van der Waals surface area contributed by atoms with Gasteiger partial charge >= 0.3 is 0 Å². The van der Waals surface area contributed by atoms with Gasteiger partial charge in [-0.25, -0.2) is 4.52 Å². The Balaban J connectivity index is 1.35. The summed E-state index contributed by atoms with van der Waals surface area (Å²) >= 11 is 0. The number of hydrogen-bond donors (Lipinski definition) is 1. The van der Waals surface area contributed by atoms with Gasteiger partial charge in [0.25, 0.3) is 11.5 Å². The minimum absolute atomic E-state index is 0.0796. The van der Waals surface area contributed by atoms with Crippen molar-refractivity contribution < 1.29 is 4.79 Å². The zero-order valence-corrected chi connectivity index (χ0v) is 17.1. The molecule has 7 heteroatoms. The molecule has 4 aromatic rings. The molecule has 2 aromatic heterocycles. The first-order valence-electron chi connectivity index (χ1n) is 10.8. The van der Waals surface area contributed by atoms with E-state index >= 15 is 0 Å². The molecule has 2 aliphatic heterocycles. The molecule has 0 radical (unpaired) electrons. The van der Waals surface area contributed by atoms with Crippen molar-refractivity contribution in [3.8, 4) is 11.3 Å². The molecule has 31 heavy (non-hydrogen) atoms. The number of aromatic nitrogens is 3. The van der Waals surface area contributed by atoms with Gasteiger partial charge in [0.1, 0.15) is 5.65 Å². The molecule has 0 aliphatic carbocycles. The number of nitrogens with zero attached hydrogens (tertiary/aromatic N) is 4. The summed E-state index contributed by atoms with van der Waals surface area (Å²) in [7, 11) is 0. The summed E-state index contributed by atoms with van der Waals surface area (Å²) in [6, 6.07) is 17.4. The average Bonchev–Trinajstić information content (AvgIpc) is 3.45. The smallest absolute Gasteiger partial charge is 0.259 e. The topological polar surface area (TPSA) is 73.7 Å². The number of carbonyl (C=O) groups excluding carboxylic acids is 1. The summed E-state index contributed by atoms with van der Waals surface area (Å²) < 4.78 is 1.75. The second-order valence-corrected chi connectivity index (χ2v) is 8.46. The molecular formula is C24H23N5O2. The van der Waals surface area contributed by atoms with E-state index in [0.717, 1.165) is 43.0 Å². The van der Waals surface area contributed by atoms with Crippen molar-refractivity contribution >= 4 is 22.5 Å². The maximum absolute atomic E-state index is 13.2. The predicted molar refractivity (Wildman–Crippen MR) is 119 cm³/mol. The van der Waals surface area contributed by atoms with Gasteiger partial charge in [-0.15, -0.1) is 0 Å². The standard InChI is InChI=1S/C24H23N5O2/c30-23-19-8-1-2-9-21(19)29-22(25-23)14-20(26-29)16-5-3-6-17(13-16)24(31)28-12-11-27-10-4-7-18(27)15-28/h1-3,5-6,8-9,13-14,18H,4,7,10-12,15H2,(H,25,30)/t18-/m0/s1. The fourth-order valence-electron chi connectivity index (χ4n) is 5.00. The van der Waals surface area contributed by atoms with Gasteiger partial charge in [0.15, 0.2) is 0 Å². The van der Waals surface area contributed by atoms with E-state index in [1.165, 1.54) is 12.8 Å². The molecule has 4 heterocycles. The lowest BCUT2D eigenvalue weighted by Crippen LogP contribution is -2.52. The van der Waals surface area contributed by atoms with Crippen LogP contribution in [-0.2, 0) is 0 Å². The van der Waals surface area contributed by atoms with Crippen LogP contribution in [0.25, 0.3) is 27.8 Å². The van der Waals surface area contributed by atoms with Crippen LogP contribution in [0.1, 0.15) is 23.2 Å². The quantitative estimate of drug-likeness (QED) is 0.548.